The van der Waals surface area contributed by atoms with Gasteiger partial charge in [0.25, 0.3) is 0 Å². The zero-order chi connectivity index (χ0) is 39.8. The molecule has 11 aromatic rings. The van der Waals surface area contributed by atoms with Gasteiger partial charge in [-0.3, -0.25) is 0 Å². The summed E-state index contributed by atoms with van der Waals surface area (Å²) in [6.45, 7) is 0. The van der Waals surface area contributed by atoms with E-state index >= 15 is 0 Å². The maximum Gasteiger partial charge on any atom is 0.164 e. The maximum absolute atomic E-state index is 7.08. The Kier molecular flexibility index (Phi) is 8.75. The standard InChI is InChI=1S/C55H36N4O/c1-5-15-37(16-6-1)39-25-30-45(31-26-39)59(46-32-27-40(28-33-46)38-17-7-2-8-18-38)49-35-43-23-13-14-24-47(43)51-48-34-29-44(36-50(48)60-52(49)51)55-57-53(41-19-9-3-10-20-41)56-54(58-55)42-21-11-4-12-22-42/h1-36H. The largest absolute Gasteiger partial charge is 0.454 e. The highest BCUT2D eigenvalue weighted by Gasteiger charge is 2.23. The predicted molar refractivity (Wildman–Crippen MR) is 246 cm³/mol. The van der Waals surface area contributed by atoms with Crippen LogP contribution in [0.15, 0.2) is 223 Å². The molecule has 0 N–H and O–H groups in total. The molecule has 11 rings (SSSR count). The number of aromatic nitrogens is 3. The van der Waals surface area contributed by atoms with Gasteiger partial charge >= 0.3 is 0 Å². The molecule has 5 heteroatoms. The number of nitrogens with zero attached hydrogens (tertiary/aromatic N) is 4. The molecule has 2 aromatic heterocycles. The zero-order valence-electron chi connectivity index (χ0n) is 32.5. The first-order chi connectivity index (χ1) is 29.7. The number of benzene rings is 9. The molecular weight excluding hydrogens is 733 g/mol. The summed E-state index contributed by atoms with van der Waals surface area (Å²) in [5.41, 5.74) is 11.9. The first kappa shape index (κ1) is 35.0. The van der Waals surface area contributed by atoms with Crippen LogP contribution in [0.1, 0.15) is 0 Å². The van der Waals surface area contributed by atoms with Crippen molar-refractivity contribution in [3.8, 4) is 56.4 Å². The molecule has 0 saturated carbocycles. The van der Waals surface area contributed by atoms with Gasteiger partial charge < -0.3 is 9.32 Å². The fraction of sp³-hybridized carbons (Fsp3) is 0. The van der Waals surface area contributed by atoms with Gasteiger partial charge in [0.15, 0.2) is 23.1 Å². The Hall–Kier alpha value is -8.15. The Labute approximate surface area is 347 Å². The van der Waals surface area contributed by atoms with Gasteiger partial charge in [-0.05, 0) is 75.5 Å². The normalized spacial score (nSPS) is 11.3. The number of hydrogen-bond donors (Lipinski definition) is 0. The highest BCUT2D eigenvalue weighted by molar-refractivity contribution is 6.23. The molecule has 2 heterocycles. The third-order valence-corrected chi connectivity index (χ3v) is 11.1. The third-order valence-electron chi connectivity index (χ3n) is 11.1. The fourth-order valence-electron chi connectivity index (χ4n) is 8.14. The first-order valence-electron chi connectivity index (χ1n) is 20.1. The second kappa shape index (κ2) is 15.0. The van der Waals surface area contributed by atoms with Crippen molar-refractivity contribution in [2.75, 3.05) is 4.90 Å². The molecule has 9 aromatic carbocycles. The lowest BCUT2D eigenvalue weighted by Crippen LogP contribution is -2.10. The first-order valence-corrected chi connectivity index (χ1v) is 20.1. The molecule has 0 atom stereocenters. The van der Waals surface area contributed by atoms with Crippen molar-refractivity contribution in [1.29, 1.82) is 0 Å². The maximum atomic E-state index is 7.08. The number of hydrogen-bond acceptors (Lipinski definition) is 5. The van der Waals surface area contributed by atoms with E-state index in [-0.39, 0.29) is 0 Å². The van der Waals surface area contributed by atoms with E-state index in [9.17, 15) is 0 Å². The van der Waals surface area contributed by atoms with E-state index in [1.54, 1.807) is 0 Å². The Morgan fingerprint density at radius 1 is 0.333 bits per heavy atom. The van der Waals surface area contributed by atoms with Crippen molar-refractivity contribution in [2.24, 2.45) is 0 Å². The molecule has 0 aliphatic rings. The lowest BCUT2D eigenvalue weighted by Gasteiger charge is -2.26. The van der Waals surface area contributed by atoms with Crippen molar-refractivity contribution in [3.05, 3.63) is 218 Å². The average molecular weight is 769 g/mol. The van der Waals surface area contributed by atoms with E-state index in [2.05, 4.69) is 150 Å². The lowest BCUT2D eigenvalue weighted by molar-refractivity contribution is 0.669. The number of rotatable bonds is 8. The summed E-state index contributed by atoms with van der Waals surface area (Å²) in [5, 5.41) is 4.32. The minimum absolute atomic E-state index is 0.578. The lowest BCUT2D eigenvalue weighted by atomic mass is 10.00. The summed E-state index contributed by atoms with van der Waals surface area (Å²) in [6.07, 6.45) is 0. The summed E-state index contributed by atoms with van der Waals surface area (Å²) in [5.74, 6) is 1.81. The van der Waals surface area contributed by atoms with Crippen LogP contribution in [0.5, 0.6) is 0 Å². The van der Waals surface area contributed by atoms with Crippen molar-refractivity contribution in [1.82, 2.24) is 15.0 Å². The minimum Gasteiger partial charge on any atom is -0.454 e. The summed E-state index contributed by atoms with van der Waals surface area (Å²) in [4.78, 5) is 17.3. The third kappa shape index (κ3) is 6.45. The van der Waals surface area contributed by atoms with E-state index < -0.39 is 0 Å². The van der Waals surface area contributed by atoms with Crippen LogP contribution in [0.25, 0.3) is 89.1 Å². The second-order valence-corrected chi connectivity index (χ2v) is 14.8. The van der Waals surface area contributed by atoms with Gasteiger partial charge in [0.1, 0.15) is 5.58 Å². The fourth-order valence-corrected chi connectivity index (χ4v) is 8.14. The number of fused-ring (bicyclic) bond motifs is 5. The van der Waals surface area contributed by atoms with Crippen LogP contribution < -0.4 is 4.90 Å². The van der Waals surface area contributed by atoms with E-state index in [0.29, 0.717) is 17.5 Å². The minimum atomic E-state index is 0.578. The molecule has 0 bridgehead atoms. The molecule has 0 saturated heterocycles. The van der Waals surface area contributed by atoms with E-state index in [1.807, 2.05) is 72.8 Å². The quantitative estimate of drug-likeness (QED) is 0.154. The Morgan fingerprint density at radius 2 is 0.750 bits per heavy atom. The van der Waals surface area contributed by atoms with Gasteiger partial charge in [-0.25, -0.2) is 15.0 Å². The van der Waals surface area contributed by atoms with Crippen molar-refractivity contribution in [3.63, 3.8) is 0 Å². The molecule has 0 radical (unpaired) electrons. The molecule has 0 aliphatic carbocycles. The molecule has 282 valence electrons. The Balaban J connectivity index is 1.11. The van der Waals surface area contributed by atoms with Crippen LogP contribution in [0.3, 0.4) is 0 Å². The van der Waals surface area contributed by atoms with Crippen molar-refractivity contribution < 1.29 is 4.42 Å². The van der Waals surface area contributed by atoms with Gasteiger partial charge in [-0.15, -0.1) is 0 Å². The molecule has 0 spiro atoms. The van der Waals surface area contributed by atoms with E-state index in [4.69, 9.17) is 19.4 Å². The van der Waals surface area contributed by atoms with Gasteiger partial charge in [0.05, 0.1) is 5.69 Å². The van der Waals surface area contributed by atoms with E-state index in [1.165, 1.54) is 11.1 Å². The van der Waals surface area contributed by atoms with E-state index in [0.717, 1.165) is 77.6 Å². The smallest absolute Gasteiger partial charge is 0.164 e. The van der Waals surface area contributed by atoms with Crippen LogP contribution in [-0.4, -0.2) is 15.0 Å². The SMILES string of the molecule is c1ccc(-c2ccc(N(c3ccc(-c4ccccc4)cc3)c3cc4ccccc4c4c3oc3cc(-c5nc(-c6ccccc6)nc(-c6ccccc6)n5)ccc34)cc2)cc1. The summed E-state index contributed by atoms with van der Waals surface area (Å²) in [6, 6.07) is 75.8. The summed E-state index contributed by atoms with van der Waals surface area (Å²) < 4.78 is 7.08. The van der Waals surface area contributed by atoms with Crippen LogP contribution >= 0.6 is 0 Å². The number of anilines is 3. The topological polar surface area (TPSA) is 55.1 Å². The van der Waals surface area contributed by atoms with Crippen LogP contribution in [0.4, 0.5) is 17.1 Å². The van der Waals surface area contributed by atoms with Crippen molar-refractivity contribution in [2.45, 2.75) is 0 Å². The molecule has 60 heavy (non-hydrogen) atoms. The van der Waals surface area contributed by atoms with Crippen LogP contribution in [0, 0.1) is 0 Å². The number of furan rings is 1. The molecule has 5 nitrogen and oxygen atoms in total. The molecule has 0 aliphatic heterocycles. The molecule has 0 amide bonds. The monoisotopic (exact) mass is 768 g/mol. The Bertz CT molecular complexity index is 3140. The van der Waals surface area contributed by atoms with Gasteiger partial charge in [0, 0.05) is 38.8 Å². The van der Waals surface area contributed by atoms with Gasteiger partial charge in [0.2, 0.25) is 0 Å². The molecule has 0 fully saturated rings. The van der Waals surface area contributed by atoms with Gasteiger partial charge in [-0.1, -0.05) is 176 Å². The highest BCUT2D eigenvalue weighted by Crippen LogP contribution is 2.46. The van der Waals surface area contributed by atoms with Crippen molar-refractivity contribution >= 4 is 49.8 Å². The zero-order valence-corrected chi connectivity index (χ0v) is 32.5. The second-order valence-electron chi connectivity index (χ2n) is 14.8. The molecule has 0 unspecified atom stereocenters. The van der Waals surface area contributed by atoms with Crippen LogP contribution in [0.2, 0.25) is 0 Å². The highest BCUT2D eigenvalue weighted by atomic mass is 16.3. The predicted octanol–water partition coefficient (Wildman–Crippen LogP) is 14.7. The van der Waals surface area contributed by atoms with Gasteiger partial charge in [-0.2, -0.15) is 0 Å². The summed E-state index contributed by atoms with van der Waals surface area (Å²) in [7, 11) is 0. The Morgan fingerprint density at radius 3 is 1.27 bits per heavy atom. The average Bonchev–Trinajstić information content (AvgIpc) is 3.73. The summed E-state index contributed by atoms with van der Waals surface area (Å²) >= 11 is 0. The van der Waals surface area contributed by atoms with Crippen LogP contribution in [-0.2, 0) is 0 Å². The molecular formula is C55H36N4O.